The second-order valence-corrected chi connectivity index (χ2v) is 10.7. The molecule has 4 rings (SSSR count). The molecular weight excluding hydrogens is 558 g/mol. The molecule has 3 amide bonds. The SMILES string of the molecule is Cn1nc(-c2ccc(NC(=O)c3ccccc3Cl)cc2)cc1NC(=O)c1cccc(OCCNC(=O)OC(C)(C)C)c1. The lowest BCUT2D eigenvalue weighted by Gasteiger charge is -2.19. The first kappa shape index (κ1) is 30.1. The Kier molecular flexibility index (Phi) is 9.49. The molecule has 218 valence electrons. The molecule has 3 aromatic carbocycles. The van der Waals surface area contributed by atoms with E-state index in [2.05, 4.69) is 21.0 Å². The van der Waals surface area contributed by atoms with Gasteiger partial charge in [-0.3, -0.25) is 14.3 Å². The Hall–Kier alpha value is -4.83. The van der Waals surface area contributed by atoms with Gasteiger partial charge in [0.1, 0.15) is 23.8 Å². The average Bonchev–Trinajstić information content (AvgIpc) is 3.30. The van der Waals surface area contributed by atoms with Crippen LogP contribution in [0.3, 0.4) is 0 Å². The highest BCUT2D eigenvalue weighted by Gasteiger charge is 2.16. The lowest BCUT2D eigenvalue weighted by Crippen LogP contribution is -2.34. The van der Waals surface area contributed by atoms with E-state index in [4.69, 9.17) is 21.1 Å². The maximum atomic E-state index is 13.0. The lowest BCUT2D eigenvalue weighted by molar-refractivity contribution is 0.0520. The number of carbonyl (C=O) groups is 3. The number of benzene rings is 3. The number of amides is 3. The molecular formula is C31H32ClN5O5. The van der Waals surface area contributed by atoms with Gasteiger partial charge in [-0.2, -0.15) is 5.10 Å². The third-order valence-electron chi connectivity index (χ3n) is 5.81. The van der Waals surface area contributed by atoms with Crippen LogP contribution in [0.1, 0.15) is 41.5 Å². The Bertz CT molecular complexity index is 1580. The molecule has 0 bridgehead atoms. The van der Waals surface area contributed by atoms with Gasteiger partial charge < -0.3 is 25.4 Å². The van der Waals surface area contributed by atoms with Crippen LogP contribution in [0, 0.1) is 0 Å². The van der Waals surface area contributed by atoms with Crippen molar-refractivity contribution in [1.29, 1.82) is 0 Å². The summed E-state index contributed by atoms with van der Waals surface area (Å²) < 4.78 is 12.4. The summed E-state index contributed by atoms with van der Waals surface area (Å²) in [6.45, 7) is 5.82. The third-order valence-corrected chi connectivity index (χ3v) is 6.14. The molecule has 0 radical (unpaired) electrons. The topological polar surface area (TPSA) is 124 Å². The Labute approximate surface area is 249 Å². The Morgan fingerprint density at radius 1 is 0.905 bits per heavy atom. The van der Waals surface area contributed by atoms with E-state index >= 15 is 0 Å². The molecule has 4 aromatic rings. The average molecular weight is 590 g/mol. The number of nitrogens with one attached hydrogen (secondary N) is 3. The van der Waals surface area contributed by atoms with Gasteiger partial charge in [0.25, 0.3) is 11.8 Å². The van der Waals surface area contributed by atoms with E-state index in [1.54, 1.807) is 99.2 Å². The standard InChI is InChI=1S/C31H32ClN5O5/c1-31(2,3)42-30(40)33-16-17-41-23-9-7-8-21(18-23)28(38)35-27-19-26(36-37(27)4)20-12-14-22(15-13-20)34-29(39)24-10-5-6-11-25(24)32/h5-15,18-19H,16-17H2,1-4H3,(H,33,40)(H,34,39)(H,35,38). The van der Waals surface area contributed by atoms with Crippen molar-refractivity contribution in [1.82, 2.24) is 15.1 Å². The van der Waals surface area contributed by atoms with Crippen molar-refractivity contribution in [3.63, 3.8) is 0 Å². The second-order valence-electron chi connectivity index (χ2n) is 10.3. The first-order valence-electron chi connectivity index (χ1n) is 13.2. The van der Waals surface area contributed by atoms with Crippen molar-refractivity contribution in [2.45, 2.75) is 26.4 Å². The van der Waals surface area contributed by atoms with E-state index in [0.29, 0.717) is 39.1 Å². The first-order valence-corrected chi connectivity index (χ1v) is 13.6. The minimum absolute atomic E-state index is 0.206. The molecule has 0 unspecified atom stereocenters. The minimum Gasteiger partial charge on any atom is -0.492 e. The molecule has 0 aliphatic carbocycles. The monoisotopic (exact) mass is 589 g/mol. The molecule has 1 heterocycles. The first-order chi connectivity index (χ1) is 20.0. The van der Waals surface area contributed by atoms with Gasteiger partial charge in [0.2, 0.25) is 0 Å². The molecule has 0 saturated heterocycles. The number of aromatic nitrogens is 2. The summed E-state index contributed by atoms with van der Waals surface area (Å²) >= 11 is 6.12. The summed E-state index contributed by atoms with van der Waals surface area (Å²) in [5.41, 5.74) is 2.26. The Balaban J connectivity index is 1.33. The van der Waals surface area contributed by atoms with Crippen LogP contribution in [0.4, 0.5) is 16.3 Å². The van der Waals surface area contributed by atoms with E-state index in [-0.39, 0.29) is 25.0 Å². The van der Waals surface area contributed by atoms with Crippen LogP contribution in [0.2, 0.25) is 5.02 Å². The highest BCUT2D eigenvalue weighted by atomic mass is 35.5. The molecule has 0 fully saturated rings. The normalized spacial score (nSPS) is 11.0. The summed E-state index contributed by atoms with van der Waals surface area (Å²) in [5, 5.41) is 13.2. The Morgan fingerprint density at radius 3 is 2.36 bits per heavy atom. The van der Waals surface area contributed by atoms with E-state index in [1.165, 1.54) is 0 Å². The van der Waals surface area contributed by atoms with Crippen LogP contribution >= 0.6 is 11.6 Å². The molecule has 1 aromatic heterocycles. The zero-order valence-electron chi connectivity index (χ0n) is 23.7. The van der Waals surface area contributed by atoms with Gasteiger partial charge in [-0.15, -0.1) is 0 Å². The maximum absolute atomic E-state index is 13.0. The maximum Gasteiger partial charge on any atom is 0.407 e. The number of rotatable bonds is 9. The molecule has 11 heteroatoms. The van der Waals surface area contributed by atoms with Crippen LogP contribution in [0.15, 0.2) is 78.9 Å². The van der Waals surface area contributed by atoms with Crippen molar-refractivity contribution < 1.29 is 23.9 Å². The number of aryl methyl sites for hydroxylation is 1. The molecule has 0 aliphatic rings. The second kappa shape index (κ2) is 13.2. The van der Waals surface area contributed by atoms with Gasteiger partial charge in [-0.05, 0) is 63.2 Å². The van der Waals surface area contributed by atoms with E-state index in [1.807, 2.05) is 12.1 Å². The number of carbonyl (C=O) groups excluding carboxylic acids is 3. The number of nitrogens with zero attached hydrogens (tertiary/aromatic N) is 2. The van der Waals surface area contributed by atoms with Gasteiger partial charge in [-0.25, -0.2) is 4.79 Å². The van der Waals surface area contributed by atoms with E-state index < -0.39 is 11.7 Å². The van der Waals surface area contributed by atoms with Gasteiger partial charge in [0, 0.05) is 29.9 Å². The number of hydrogen-bond donors (Lipinski definition) is 3. The molecule has 10 nitrogen and oxygen atoms in total. The lowest BCUT2D eigenvalue weighted by atomic mass is 10.1. The molecule has 0 spiro atoms. The van der Waals surface area contributed by atoms with Crippen LogP contribution in [0.5, 0.6) is 5.75 Å². The summed E-state index contributed by atoms with van der Waals surface area (Å²) in [6.07, 6.45) is -0.522. The number of ether oxygens (including phenoxy) is 2. The number of hydrogen-bond acceptors (Lipinski definition) is 6. The van der Waals surface area contributed by atoms with Gasteiger partial charge in [0.15, 0.2) is 0 Å². The number of halogens is 1. The molecule has 0 saturated carbocycles. The minimum atomic E-state index is -0.580. The zero-order valence-corrected chi connectivity index (χ0v) is 24.5. The summed E-state index contributed by atoms with van der Waals surface area (Å²) in [7, 11) is 1.73. The highest BCUT2D eigenvalue weighted by molar-refractivity contribution is 6.34. The predicted octanol–water partition coefficient (Wildman–Crippen LogP) is 6.15. The zero-order chi connectivity index (χ0) is 30.3. The van der Waals surface area contributed by atoms with Gasteiger partial charge in [0.05, 0.1) is 22.8 Å². The fraction of sp³-hybridized carbons (Fsp3) is 0.226. The predicted molar refractivity (Wildman–Crippen MR) is 162 cm³/mol. The number of alkyl carbamates (subject to hydrolysis) is 1. The number of anilines is 2. The van der Waals surface area contributed by atoms with Crippen LogP contribution < -0.4 is 20.7 Å². The fourth-order valence-electron chi connectivity index (χ4n) is 3.85. The van der Waals surface area contributed by atoms with Crippen LogP contribution in [-0.2, 0) is 11.8 Å². The molecule has 3 N–H and O–H groups in total. The van der Waals surface area contributed by atoms with Crippen molar-refractivity contribution in [2.75, 3.05) is 23.8 Å². The van der Waals surface area contributed by atoms with Crippen LogP contribution in [0.25, 0.3) is 11.3 Å². The van der Waals surface area contributed by atoms with Gasteiger partial charge >= 0.3 is 6.09 Å². The van der Waals surface area contributed by atoms with E-state index in [0.717, 1.165) is 5.56 Å². The summed E-state index contributed by atoms with van der Waals surface area (Å²) in [5.74, 6) is 0.350. The summed E-state index contributed by atoms with van der Waals surface area (Å²) in [4.78, 5) is 37.3. The molecule has 42 heavy (non-hydrogen) atoms. The van der Waals surface area contributed by atoms with Crippen molar-refractivity contribution in [2.24, 2.45) is 7.05 Å². The van der Waals surface area contributed by atoms with Crippen LogP contribution in [-0.4, -0.2) is 46.4 Å². The molecule has 0 atom stereocenters. The van der Waals surface area contributed by atoms with E-state index in [9.17, 15) is 14.4 Å². The van der Waals surface area contributed by atoms with Crippen molar-refractivity contribution in [3.05, 3.63) is 95.0 Å². The van der Waals surface area contributed by atoms with Crippen molar-refractivity contribution in [3.8, 4) is 17.0 Å². The third kappa shape index (κ3) is 8.34. The largest absolute Gasteiger partial charge is 0.492 e. The quantitative estimate of drug-likeness (QED) is 0.201. The Morgan fingerprint density at radius 2 is 1.64 bits per heavy atom. The van der Waals surface area contributed by atoms with Gasteiger partial charge in [-0.1, -0.05) is 41.9 Å². The fourth-order valence-corrected chi connectivity index (χ4v) is 4.07. The van der Waals surface area contributed by atoms with Crippen molar-refractivity contribution >= 4 is 41.0 Å². The summed E-state index contributed by atoms with van der Waals surface area (Å²) in [6, 6.07) is 22.5. The highest BCUT2D eigenvalue weighted by Crippen LogP contribution is 2.25. The smallest absolute Gasteiger partial charge is 0.407 e. The molecule has 0 aliphatic heterocycles.